The van der Waals surface area contributed by atoms with Gasteiger partial charge in [0.1, 0.15) is 12.0 Å². The first-order chi connectivity index (χ1) is 10.7. The second kappa shape index (κ2) is 6.08. The summed E-state index contributed by atoms with van der Waals surface area (Å²) in [5.74, 6) is -0.253. The van der Waals surface area contributed by atoms with Crippen LogP contribution in [0.1, 0.15) is 12.8 Å². The predicted octanol–water partition coefficient (Wildman–Crippen LogP) is 2.78. The van der Waals surface area contributed by atoms with Gasteiger partial charge in [0.15, 0.2) is 6.19 Å². The van der Waals surface area contributed by atoms with Crippen molar-refractivity contribution in [3.63, 3.8) is 0 Å². The molecule has 3 rings (SSSR count). The first-order valence-electron chi connectivity index (χ1n) is 6.82. The summed E-state index contributed by atoms with van der Waals surface area (Å²) < 4.78 is 5.27. The molecule has 1 amide bonds. The SMILES string of the molecule is N#CNC1CC(C(=O)Nc2nc(-c3ccc(Cl)cc3)co2)C1. The van der Waals surface area contributed by atoms with Crippen LogP contribution in [0.15, 0.2) is 34.9 Å². The van der Waals surface area contributed by atoms with E-state index in [4.69, 9.17) is 21.3 Å². The highest BCUT2D eigenvalue weighted by Gasteiger charge is 2.34. The molecule has 0 bridgehead atoms. The number of halogens is 1. The molecule has 0 saturated heterocycles. The van der Waals surface area contributed by atoms with E-state index in [1.54, 1.807) is 12.1 Å². The Morgan fingerprint density at radius 3 is 2.77 bits per heavy atom. The van der Waals surface area contributed by atoms with E-state index in [0.29, 0.717) is 23.6 Å². The van der Waals surface area contributed by atoms with Crippen LogP contribution in [-0.4, -0.2) is 16.9 Å². The lowest BCUT2D eigenvalue weighted by molar-refractivity contribution is -0.122. The summed E-state index contributed by atoms with van der Waals surface area (Å²) in [6.07, 6.45) is 4.65. The maximum Gasteiger partial charge on any atom is 0.301 e. The molecule has 0 radical (unpaired) electrons. The summed E-state index contributed by atoms with van der Waals surface area (Å²) >= 11 is 5.84. The normalized spacial score (nSPS) is 19.8. The minimum absolute atomic E-state index is 0.0925. The highest BCUT2D eigenvalue weighted by atomic mass is 35.5. The lowest BCUT2D eigenvalue weighted by atomic mass is 9.80. The number of amides is 1. The Balaban J connectivity index is 1.59. The Morgan fingerprint density at radius 2 is 2.09 bits per heavy atom. The predicted molar refractivity (Wildman–Crippen MR) is 80.8 cm³/mol. The topological polar surface area (TPSA) is 91.0 Å². The Morgan fingerprint density at radius 1 is 1.36 bits per heavy atom. The van der Waals surface area contributed by atoms with E-state index in [9.17, 15) is 4.79 Å². The van der Waals surface area contributed by atoms with Gasteiger partial charge in [-0.15, -0.1) is 0 Å². The number of nitrogens with one attached hydrogen (secondary N) is 2. The number of nitrogens with zero attached hydrogens (tertiary/aromatic N) is 2. The van der Waals surface area contributed by atoms with Crippen LogP contribution in [-0.2, 0) is 4.79 Å². The number of aromatic nitrogens is 1. The van der Waals surface area contributed by atoms with Crippen molar-refractivity contribution >= 4 is 23.5 Å². The van der Waals surface area contributed by atoms with E-state index in [1.165, 1.54) is 6.26 Å². The zero-order valence-electron chi connectivity index (χ0n) is 11.5. The average Bonchev–Trinajstić information content (AvgIpc) is 2.91. The Labute approximate surface area is 132 Å². The van der Waals surface area contributed by atoms with Crippen molar-refractivity contribution in [3.8, 4) is 17.5 Å². The number of carbonyl (C=O) groups excluding carboxylic acids is 1. The molecule has 0 atom stereocenters. The first-order valence-corrected chi connectivity index (χ1v) is 7.20. The third-order valence-electron chi connectivity index (χ3n) is 3.65. The molecule has 1 aliphatic rings. The van der Waals surface area contributed by atoms with Gasteiger partial charge in [-0.05, 0) is 25.0 Å². The number of carbonyl (C=O) groups is 1. The highest BCUT2D eigenvalue weighted by molar-refractivity contribution is 6.30. The fourth-order valence-electron chi connectivity index (χ4n) is 2.33. The van der Waals surface area contributed by atoms with Crippen molar-refractivity contribution in [3.05, 3.63) is 35.6 Å². The van der Waals surface area contributed by atoms with Crippen LogP contribution in [0.25, 0.3) is 11.3 Å². The van der Waals surface area contributed by atoms with Gasteiger partial charge in [-0.3, -0.25) is 10.1 Å². The molecule has 112 valence electrons. The van der Waals surface area contributed by atoms with Crippen LogP contribution < -0.4 is 10.6 Å². The van der Waals surface area contributed by atoms with Crippen LogP contribution in [0.5, 0.6) is 0 Å². The Kier molecular flexibility index (Phi) is 3.98. The van der Waals surface area contributed by atoms with Crippen LogP contribution in [0, 0.1) is 17.4 Å². The number of rotatable bonds is 4. The molecular formula is C15H13ClN4O2. The number of benzene rings is 1. The van der Waals surface area contributed by atoms with Crippen molar-refractivity contribution in [2.45, 2.75) is 18.9 Å². The molecule has 1 heterocycles. The molecule has 6 nitrogen and oxygen atoms in total. The molecule has 22 heavy (non-hydrogen) atoms. The van der Waals surface area contributed by atoms with Gasteiger partial charge in [-0.1, -0.05) is 23.7 Å². The molecule has 2 aromatic rings. The third kappa shape index (κ3) is 3.05. The summed E-state index contributed by atoms with van der Waals surface area (Å²) in [7, 11) is 0. The monoisotopic (exact) mass is 316 g/mol. The molecular weight excluding hydrogens is 304 g/mol. The van der Waals surface area contributed by atoms with Gasteiger partial charge in [0, 0.05) is 22.5 Å². The van der Waals surface area contributed by atoms with Crippen LogP contribution in [0.3, 0.4) is 0 Å². The quantitative estimate of drug-likeness (QED) is 0.668. The molecule has 7 heteroatoms. The smallest absolute Gasteiger partial charge is 0.301 e. The van der Waals surface area contributed by atoms with Gasteiger partial charge in [-0.2, -0.15) is 10.2 Å². The van der Waals surface area contributed by atoms with E-state index in [1.807, 2.05) is 18.3 Å². The molecule has 1 saturated carbocycles. The molecule has 1 aliphatic carbocycles. The third-order valence-corrected chi connectivity index (χ3v) is 3.90. The van der Waals surface area contributed by atoms with Gasteiger partial charge < -0.3 is 9.73 Å². The summed E-state index contributed by atoms with van der Waals surface area (Å²) in [5.41, 5.74) is 1.49. The van der Waals surface area contributed by atoms with E-state index in [2.05, 4.69) is 15.6 Å². The van der Waals surface area contributed by atoms with E-state index in [0.717, 1.165) is 5.56 Å². The van der Waals surface area contributed by atoms with Gasteiger partial charge in [0.2, 0.25) is 5.91 Å². The van der Waals surface area contributed by atoms with Crippen molar-refractivity contribution in [1.82, 2.24) is 10.3 Å². The second-order valence-electron chi connectivity index (χ2n) is 5.16. The summed E-state index contributed by atoms with van der Waals surface area (Å²) in [5, 5.41) is 14.4. The fourth-order valence-corrected chi connectivity index (χ4v) is 2.46. The standard InChI is InChI=1S/C15H13ClN4O2/c16-11-3-1-9(2-4-11)13-7-22-15(19-13)20-14(21)10-5-12(6-10)18-8-17/h1-4,7,10,12,18H,5-6H2,(H,19,20,21). The molecule has 1 aromatic carbocycles. The number of anilines is 1. The summed E-state index contributed by atoms with van der Waals surface area (Å²) in [6.45, 7) is 0. The van der Waals surface area contributed by atoms with Gasteiger partial charge in [0.25, 0.3) is 0 Å². The lowest BCUT2D eigenvalue weighted by Crippen LogP contribution is -2.44. The van der Waals surface area contributed by atoms with E-state index < -0.39 is 0 Å². The van der Waals surface area contributed by atoms with Crippen molar-refractivity contribution in [2.75, 3.05) is 5.32 Å². The van der Waals surface area contributed by atoms with Crippen LogP contribution in [0.2, 0.25) is 5.02 Å². The highest BCUT2D eigenvalue weighted by Crippen LogP contribution is 2.29. The van der Waals surface area contributed by atoms with Crippen LogP contribution in [0.4, 0.5) is 6.01 Å². The first kappa shape index (κ1) is 14.4. The minimum Gasteiger partial charge on any atom is -0.431 e. The second-order valence-corrected chi connectivity index (χ2v) is 5.59. The molecule has 1 aromatic heterocycles. The molecule has 2 N–H and O–H groups in total. The Hall–Kier alpha value is -2.52. The maximum absolute atomic E-state index is 12.0. The van der Waals surface area contributed by atoms with E-state index >= 15 is 0 Å². The van der Waals surface area contributed by atoms with Gasteiger partial charge in [-0.25, -0.2) is 0 Å². The summed E-state index contributed by atoms with van der Waals surface area (Å²) in [4.78, 5) is 16.2. The number of nitriles is 1. The van der Waals surface area contributed by atoms with Crippen molar-refractivity contribution < 1.29 is 9.21 Å². The van der Waals surface area contributed by atoms with Gasteiger partial charge in [0.05, 0.1) is 0 Å². The van der Waals surface area contributed by atoms with Crippen LogP contribution >= 0.6 is 11.6 Å². The number of oxazole rings is 1. The number of hydrogen-bond acceptors (Lipinski definition) is 5. The summed E-state index contributed by atoms with van der Waals surface area (Å²) in [6, 6.07) is 7.45. The maximum atomic E-state index is 12.0. The van der Waals surface area contributed by atoms with Gasteiger partial charge >= 0.3 is 6.01 Å². The Bertz CT molecular complexity index is 714. The fraction of sp³-hybridized carbons (Fsp3) is 0.267. The largest absolute Gasteiger partial charge is 0.431 e. The van der Waals surface area contributed by atoms with Crippen molar-refractivity contribution in [1.29, 1.82) is 5.26 Å². The minimum atomic E-state index is -0.138. The average molecular weight is 317 g/mol. The molecule has 0 aliphatic heterocycles. The molecule has 1 fully saturated rings. The van der Waals surface area contributed by atoms with E-state index in [-0.39, 0.29) is 23.9 Å². The number of hydrogen-bond donors (Lipinski definition) is 2. The molecule has 0 spiro atoms. The lowest BCUT2D eigenvalue weighted by Gasteiger charge is -2.32. The van der Waals surface area contributed by atoms with Crippen molar-refractivity contribution in [2.24, 2.45) is 5.92 Å². The zero-order valence-corrected chi connectivity index (χ0v) is 12.3. The zero-order chi connectivity index (χ0) is 15.5. The molecule has 0 unspecified atom stereocenters.